The molecule has 3 aromatic rings. The molecule has 0 saturated heterocycles. The lowest BCUT2D eigenvalue weighted by atomic mass is 10.1. The highest BCUT2D eigenvalue weighted by Crippen LogP contribution is 2.21. The largest absolute Gasteiger partial charge is 0.481 e. The Bertz CT molecular complexity index is 919. The summed E-state index contributed by atoms with van der Waals surface area (Å²) < 4.78 is 10.4. The van der Waals surface area contributed by atoms with Crippen LogP contribution in [0.5, 0.6) is 5.75 Å². The first-order valence-electron chi connectivity index (χ1n) is 7.72. The highest BCUT2D eigenvalue weighted by atomic mass is 16.5. The van der Waals surface area contributed by atoms with Crippen molar-refractivity contribution >= 4 is 22.6 Å². The van der Waals surface area contributed by atoms with Gasteiger partial charge in [0.05, 0.1) is 5.69 Å². The molecule has 3 rings (SSSR count). The maximum atomic E-state index is 12.1. The van der Waals surface area contributed by atoms with Gasteiger partial charge in [-0.25, -0.2) is 0 Å². The van der Waals surface area contributed by atoms with Crippen LogP contribution in [0.15, 0.2) is 53.1 Å². The van der Waals surface area contributed by atoms with Crippen LogP contribution in [0.3, 0.4) is 0 Å². The zero-order valence-corrected chi connectivity index (χ0v) is 13.8. The summed E-state index contributed by atoms with van der Waals surface area (Å²) in [4.78, 5) is 23.8. The third-order valence-corrected chi connectivity index (χ3v) is 3.55. The van der Waals surface area contributed by atoms with Crippen LogP contribution >= 0.6 is 0 Å². The van der Waals surface area contributed by atoms with E-state index in [1.54, 1.807) is 19.9 Å². The molecular weight excluding hydrogens is 322 g/mol. The summed E-state index contributed by atoms with van der Waals surface area (Å²) in [6.45, 7) is 3.29. The molecule has 2 N–H and O–H groups in total. The van der Waals surface area contributed by atoms with Crippen LogP contribution in [0.25, 0.3) is 10.8 Å². The Labute approximate surface area is 143 Å². The molecule has 1 aromatic heterocycles. The van der Waals surface area contributed by atoms with Crippen LogP contribution in [-0.2, 0) is 4.79 Å². The molecule has 1 unspecified atom stereocenters. The van der Waals surface area contributed by atoms with Crippen molar-refractivity contribution in [3.63, 3.8) is 0 Å². The van der Waals surface area contributed by atoms with Gasteiger partial charge in [-0.3, -0.25) is 20.4 Å². The van der Waals surface area contributed by atoms with E-state index in [4.69, 9.17) is 9.26 Å². The number of carbonyl (C=O) groups is 2. The van der Waals surface area contributed by atoms with Crippen LogP contribution in [0.1, 0.15) is 23.2 Å². The number of carbonyl (C=O) groups excluding carboxylic acids is 2. The van der Waals surface area contributed by atoms with Crippen LogP contribution in [0.2, 0.25) is 0 Å². The first-order valence-corrected chi connectivity index (χ1v) is 7.72. The van der Waals surface area contributed by atoms with Crippen molar-refractivity contribution in [2.75, 3.05) is 0 Å². The van der Waals surface area contributed by atoms with Crippen molar-refractivity contribution < 1.29 is 18.8 Å². The summed E-state index contributed by atoms with van der Waals surface area (Å²) >= 11 is 0. The Kier molecular flexibility index (Phi) is 4.65. The second-order valence-corrected chi connectivity index (χ2v) is 5.54. The van der Waals surface area contributed by atoms with E-state index in [9.17, 15) is 9.59 Å². The zero-order chi connectivity index (χ0) is 17.8. The smallest absolute Gasteiger partial charge is 0.308 e. The third-order valence-electron chi connectivity index (χ3n) is 3.55. The number of hydrogen-bond acceptors (Lipinski definition) is 5. The second-order valence-electron chi connectivity index (χ2n) is 5.54. The van der Waals surface area contributed by atoms with Crippen molar-refractivity contribution in [1.29, 1.82) is 0 Å². The number of aryl methyl sites for hydroxylation is 1. The number of hydrogen-bond donors (Lipinski definition) is 2. The SMILES string of the molecule is Cc1cc(C(=O)NNC(=O)C(C)Oc2ccc3ccccc3c2)on1. The van der Waals surface area contributed by atoms with Gasteiger partial charge in [0.25, 0.3) is 5.91 Å². The van der Waals surface area contributed by atoms with Crippen molar-refractivity contribution in [2.45, 2.75) is 20.0 Å². The fraction of sp³-hybridized carbons (Fsp3) is 0.167. The maximum Gasteiger partial charge on any atom is 0.308 e. The van der Waals surface area contributed by atoms with E-state index in [1.807, 2.05) is 36.4 Å². The monoisotopic (exact) mass is 339 g/mol. The maximum absolute atomic E-state index is 12.1. The number of rotatable bonds is 4. The average molecular weight is 339 g/mol. The standard InChI is InChI=1S/C18H17N3O4/c1-11-9-16(25-21-11)18(23)20-19-17(22)12(2)24-15-8-7-13-5-3-4-6-14(13)10-15/h3-10,12H,1-2H3,(H,19,22)(H,20,23). The first-order chi connectivity index (χ1) is 12.0. The number of fused-ring (bicyclic) bond motifs is 1. The molecule has 1 heterocycles. The predicted molar refractivity (Wildman–Crippen MR) is 90.9 cm³/mol. The van der Waals surface area contributed by atoms with E-state index >= 15 is 0 Å². The van der Waals surface area contributed by atoms with Gasteiger partial charge in [-0.15, -0.1) is 0 Å². The van der Waals surface area contributed by atoms with E-state index in [-0.39, 0.29) is 5.76 Å². The molecule has 0 bridgehead atoms. The molecule has 0 spiro atoms. The lowest BCUT2D eigenvalue weighted by molar-refractivity contribution is -0.128. The van der Waals surface area contributed by atoms with Crippen LogP contribution in [0.4, 0.5) is 0 Å². The van der Waals surface area contributed by atoms with E-state index < -0.39 is 17.9 Å². The Hall–Kier alpha value is -3.35. The molecule has 1 atom stereocenters. The molecule has 25 heavy (non-hydrogen) atoms. The molecule has 0 fully saturated rings. The number of nitrogens with one attached hydrogen (secondary N) is 2. The summed E-state index contributed by atoms with van der Waals surface area (Å²) in [5.74, 6) is -0.496. The third kappa shape index (κ3) is 3.95. The number of ether oxygens (including phenoxy) is 1. The number of amides is 2. The van der Waals surface area contributed by atoms with Gasteiger partial charge in [0.2, 0.25) is 5.76 Å². The van der Waals surface area contributed by atoms with Crippen LogP contribution in [0, 0.1) is 6.92 Å². The van der Waals surface area contributed by atoms with E-state index in [0.717, 1.165) is 10.8 Å². The highest BCUT2D eigenvalue weighted by Gasteiger charge is 2.17. The van der Waals surface area contributed by atoms with Gasteiger partial charge in [0.15, 0.2) is 6.10 Å². The summed E-state index contributed by atoms with van der Waals surface area (Å²) in [5, 5.41) is 5.71. The summed E-state index contributed by atoms with van der Waals surface area (Å²) in [7, 11) is 0. The first kappa shape index (κ1) is 16.5. The molecule has 0 aliphatic carbocycles. The van der Waals surface area contributed by atoms with Gasteiger partial charge in [0, 0.05) is 6.07 Å². The number of benzene rings is 2. The van der Waals surface area contributed by atoms with Crippen molar-refractivity contribution in [1.82, 2.24) is 16.0 Å². The molecule has 7 heteroatoms. The van der Waals surface area contributed by atoms with Gasteiger partial charge in [-0.05, 0) is 36.8 Å². The molecule has 7 nitrogen and oxygen atoms in total. The van der Waals surface area contributed by atoms with E-state index in [2.05, 4.69) is 16.0 Å². The lowest BCUT2D eigenvalue weighted by Gasteiger charge is -2.15. The summed E-state index contributed by atoms with van der Waals surface area (Å²) in [5.41, 5.74) is 5.13. The molecule has 0 radical (unpaired) electrons. The Morgan fingerprint density at radius 2 is 1.84 bits per heavy atom. The second kappa shape index (κ2) is 7.04. The minimum Gasteiger partial charge on any atom is -0.481 e. The van der Waals surface area contributed by atoms with Crippen molar-refractivity contribution in [3.05, 3.63) is 60.0 Å². The lowest BCUT2D eigenvalue weighted by Crippen LogP contribution is -2.47. The Morgan fingerprint density at radius 1 is 1.08 bits per heavy atom. The number of aromatic nitrogens is 1. The fourth-order valence-electron chi connectivity index (χ4n) is 2.25. The van der Waals surface area contributed by atoms with Gasteiger partial charge < -0.3 is 9.26 Å². The fourth-order valence-corrected chi connectivity index (χ4v) is 2.25. The molecule has 2 amide bonds. The van der Waals surface area contributed by atoms with Gasteiger partial charge >= 0.3 is 5.91 Å². The molecule has 2 aromatic carbocycles. The van der Waals surface area contributed by atoms with Crippen LogP contribution < -0.4 is 15.6 Å². The minimum atomic E-state index is -0.794. The quantitative estimate of drug-likeness (QED) is 0.712. The highest BCUT2D eigenvalue weighted by molar-refractivity contribution is 5.93. The Balaban J connectivity index is 1.57. The Morgan fingerprint density at radius 3 is 2.56 bits per heavy atom. The minimum absolute atomic E-state index is 0.0147. The molecule has 0 saturated carbocycles. The topological polar surface area (TPSA) is 93.5 Å². The van der Waals surface area contributed by atoms with Gasteiger partial charge in [0.1, 0.15) is 5.75 Å². The predicted octanol–water partition coefficient (Wildman–Crippen LogP) is 2.36. The zero-order valence-electron chi connectivity index (χ0n) is 13.8. The molecule has 0 aliphatic rings. The van der Waals surface area contributed by atoms with Crippen molar-refractivity contribution in [3.8, 4) is 5.75 Å². The normalized spacial score (nSPS) is 11.8. The van der Waals surface area contributed by atoms with Crippen molar-refractivity contribution in [2.24, 2.45) is 0 Å². The van der Waals surface area contributed by atoms with E-state index in [1.165, 1.54) is 6.07 Å². The van der Waals surface area contributed by atoms with Gasteiger partial charge in [-0.1, -0.05) is 35.5 Å². The van der Waals surface area contributed by atoms with E-state index in [0.29, 0.717) is 11.4 Å². The summed E-state index contributed by atoms with van der Waals surface area (Å²) in [6, 6.07) is 14.9. The average Bonchev–Trinajstić information content (AvgIpc) is 3.05. The number of hydrazine groups is 1. The van der Waals surface area contributed by atoms with Gasteiger partial charge in [-0.2, -0.15) is 0 Å². The molecule has 0 aliphatic heterocycles. The summed E-state index contributed by atoms with van der Waals surface area (Å²) in [6.07, 6.45) is -0.794. The molecular formula is C18H17N3O4. The van der Waals surface area contributed by atoms with Crippen LogP contribution in [-0.4, -0.2) is 23.1 Å². The number of nitrogens with zero attached hydrogens (tertiary/aromatic N) is 1. The molecule has 128 valence electrons.